The van der Waals surface area contributed by atoms with Crippen molar-refractivity contribution in [1.82, 2.24) is 10.2 Å². The fourth-order valence-corrected chi connectivity index (χ4v) is 4.33. The van der Waals surface area contributed by atoms with Gasteiger partial charge in [0.25, 0.3) is 0 Å². The minimum Gasteiger partial charge on any atom is -0.354 e. The number of anilines is 1. The van der Waals surface area contributed by atoms with Gasteiger partial charge in [0.2, 0.25) is 21.8 Å². The molecule has 2 amide bonds. The lowest BCUT2D eigenvalue weighted by molar-refractivity contribution is -0.139. The first-order valence-electron chi connectivity index (χ1n) is 10.8. The van der Waals surface area contributed by atoms with Crippen LogP contribution >= 0.6 is 11.6 Å². The van der Waals surface area contributed by atoms with E-state index in [4.69, 9.17) is 11.6 Å². The Morgan fingerprint density at radius 3 is 2.26 bits per heavy atom. The highest BCUT2D eigenvalue weighted by atomic mass is 35.5. The molecule has 0 bridgehead atoms. The molecule has 0 saturated heterocycles. The molecule has 2 rings (SSSR count). The van der Waals surface area contributed by atoms with Crippen molar-refractivity contribution < 1.29 is 22.4 Å². The van der Waals surface area contributed by atoms with Crippen molar-refractivity contribution >= 4 is 39.1 Å². The number of carbonyl (C=O) groups excluding carboxylic acids is 2. The van der Waals surface area contributed by atoms with E-state index in [-0.39, 0.29) is 24.1 Å². The summed E-state index contributed by atoms with van der Waals surface area (Å²) in [5.41, 5.74) is 1.50. The maximum absolute atomic E-state index is 13.5. The van der Waals surface area contributed by atoms with Crippen molar-refractivity contribution in [2.75, 3.05) is 23.7 Å². The topological polar surface area (TPSA) is 86.8 Å². The maximum atomic E-state index is 13.5. The van der Waals surface area contributed by atoms with Gasteiger partial charge < -0.3 is 10.2 Å². The van der Waals surface area contributed by atoms with Gasteiger partial charge in [0, 0.05) is 18.1 Å². The smallest absolute Gasteiger partial charge is 0.244 e. The van der Waals surface area contributed by atoms with Crippen molar-refractivity contribution in [3.05, 3.63) is 64.4 Å². The molecule has 186 valence electrons. The van der Waals surface area contributed by atoms with Crippen LogP contribution in [0.15, 0.2) is 42.5 Å². The van der Waals surface area contributed by atoms with Gasteiger partial charge in [0.15, 0.2) is 0 Å². The van der Waals surface area contributed by atoms with E-state index < -0.39 is 34.3 Å². The van der Waals surface area contributed by atoms with Crippen LogP contribution in [-0.4, -0.2) is 50.5 Å². The van der Waals surface area contributed by atoms with Crippen LogP contribution in [-0.2, 0) is 26.2 Å². The molecule has 0 fully saturated rings. The van der Waals surface area contributed by atoms with Gasteiger partial charge in [-0.25, -0.2) is 12.8 Å². The molecule has 0 unspecified atom stereocenters. The summed E-state index contributed by atoms with van der Waals surface area (Å²) in [6, 6.07) is 9.45. The zero-order valence-electron chi connectivity index (χ0n) is 20.0. The molecule has 0 aromatic heterocycles. The highest BCUT2D eigenvalue weighted by molar-refractivity contribution is 7.92. The Labute approximate surface area is 205 Å². The molecule has 2 aromatic rings. The summed E-state index contributed by atoms with van der Waals surface area (Å²) in [7, 11) is -3.85. The molecule has 0 saturated carbocycles. The number of amides is 2. The van der Waals surface area contributed by atoms with E-state index in [1.807, 2.05) is 13.8 Å². The summed E-state index contributed by atoms with van der Waals surface area (Å²) >= 11 is 6.08. The van der Waals surface area contributed by atoms with Gasteiger partial charge in [-0.15, -0.1) is 0 Å². The Kier molecular flexibility index (Phi) is 9.46. The summed E-state index contributed by atoms with van der Waals surface area (Å²) in [4.78, 5) is 27.5. The molecule has 0 heterocycles. The maximum Gasteiger partial charge on any atom is 0.244 e. The van der Waals surface area contributed by atoms with Gasteiger partial charge in [0.05, 0.1) is 11.9 Å². The molecule has 7 nitrogen and oxygen atoms in total. The number of aryl methyl sites for hydroxylation is 1. The number of carbonyl (C=O) groups is 2. The van der Waals surface area contributed by atoms with Crippen LogP contribution in [0.1, 0.15) is 31.9 Å². The van der Waals surface area contributed by atoms with E-state index in [1.54, 1.807) is 26.0 Å². The van der Waals surface area contributed by atoms with E-state index in [2.05, 4.69) is 5.32 Å². The molecule has 10 heteroatoms. The molecule has 1 atom stereocenters. The normalized spacial score (nSPS) is 12.4. The van der Waals surface area contributed by atoms with Gasteiger partial charge in [0.1, 0.15) is 18.4 Å². The zero-order chi connectivity index (χ0) is 25.6. The van der Waals surface area contributed by atoms with E-state index >= 15 is 0 Å². The van der Waals surface area contributed by atoms with Crippen LogP contribution in [0.5, 0.6) is 0 Å². The Balaban J connectivity index is 2.40. The predicted octanol–water partition coefficient (Wildman–Crippen LogP) is 3.74. The van der Waals surface area contributed by atoms with Crippen molar-refractivity contribution in [3.8, 4) is 0 Å². The van der Waals surface area contributed by atoms with Crippen LogP contribution in [0.25, 0.3) is 0 Å². The predicted molar refractivity (Wildman–Crippen MR) is 133 cm³/mol. The molecule has 2 aromatic carbocycles. The molecule has 0 spiro atoms. The van der Waals surface area contributed by atoms with Gasteiger partial charge in [-0.2, -0.15) is 0 Å². The number of sulfonamides is 1. The lowest BCUT2D eigenvalue weighted by Crippen LogP contribution is -2.51. The first kappa shape index (κ1) is 27.6. The second kappa shape index (κ2) is 11.7. The molecular formula is C24H31ClFN3O4S. The molecule has 0 aliphatic heterocycles. The lowest BCUT2D eigenvalue weighted by Gasteiger charge is -2.32. The van der Waals surface area contributed by atoms with Gasteiger partial charge >= 0.3 is 0 Å². The first-order valence-corrected chi connectivity index (χ1v) is 13.1. The lowest BCUT2D eigenvalue weighted by atomic mass is 10.1. The van der Waals surface area contributed by atoms with Gasteiger partial charge in [-0.3, -0.25) is 13.9 Å². The highest BCUT2D eigenvalue weighted by Gasteiger charge is 2.30. The molecule has 0 aliphatic carbocycles. The Morgan fingerprint density at radius 1 is 1.09 bits per heavy atom. The fourth-order valence-electron chi connectivity index (χ4n) is 3.27. The zero-order valence-corrected chi connectivity index (χ0v) is 21.6. The highest BCUT2D eigenvalue weighted by Crippen LogP contribution is 2.26. The molecular weight excluding hydrogens is 481 g/mol. The third kappa shape index (κ3) is 7.70. The second-order valence-corrected chi connectivity index (χ2v) is 11.0. The standard InChI is InChI=1S/C24H31ClFN3O4S/c1-16(2)13-27-24(31)18(4)28(14-19-7-10-21(26)11-8-19)23(30)15-29(34(5,32)33)22-12-20(25)9-6-17(22)3/h6-12,16,18H,13-15H2,1-5H3,(H,27,31)/t18-/m1/s1. The van der Waals surface area contributed by atoms with E-state index in [0.29, 0.717) is 22.7 Å². The largest absolute Gasteiger partial charge is 0.354 e. The first-order chi connectivity index (χ1) is 15.8. The minimum atomic E-state index is -3.85. The average Bonchev–Trinajstić information content (AvgIpc) is 2.75. The summed E-state index contributed by atoms with van der Waals surface area (Å²) in [5, 5.41) is 3.13. The van der Waals surface area contributed by atoms with Crippen LogP contribution in [0.4, 0.5) is 10.1 Å². The summed E-state index contributed by atoms with van der Waals surface area (Å²) in [6.45, 7) is 7.09. The van der Waals surface area contributed by atoms with Crippen LogP contribution < -0.4 is 9.62 Å². The van der Waals surface area contributed by atoms with Gasteiger partial charge in [-0.1, -0.05) is 43.6 Å². The number of nitrogens with one attached hydrogen (secondary N) is 1. The third-order valence-electron chi connectivity index (χ3n) is 5.24. The second-order valence-electron chi connectivity index (χ2n) is 8.66. The number of hydrogen-bond acceptors (Lipinski definition) is 4. The number of nitrogens with zero attached hydrogens (tertiary/aromatic N) is 2. The molecule has 0 radical (unpaired) electrons. The van der Waals surface area contributed by atoms with Crippen molar-refractivity contribution in [1.29, 1.82) is 0 Å². The van der Waals surface area contributed by atoms with Crippen LogP contribution in [0.3, 0.4) is 0 Å². The monoisotopic (exact) mass is 511 g/mol. The SMILES string of the molecule is Cc1ccc(Cl)cc1N(CC(=O)N(Cc1ccc(F)cc1)[C@H](C)C(=O)NCC(C)C)S(C)(=O)=O. The number of benzene rings is 2. The van der Waals surface area contributed by atoms with Crippen molar-refractivity contribution in [2.24, 2.45) is 5.92 Å². The molecule has 1 N–H and O–H groups in total. The Hall–Kier alpha value is -2.65. The quantitative estimate of drug-likeness (QED) is 0.526. The summed E-state index contributed by atoms with van der Waals surface area (Å²) < 4.78 is 39.6. The van der Waals surface area contributed by atoms with E-state index in [9.17, 15) is 22.4 Å². The number of hydrogen-bond donors (Lipinski definition) is 1. The molecule has 0 aliphatic rings. The van der Waals surface area contributed by atoms with Crippen LogP contribution in [0, 0.1) is 18.7 Å². The van der Waals surface area contributed by atoms with Crippen molar-refractivity contribution in [2.45, 2.75) is 40.3 Å². The fraction of sp³-hybridized carbons (Fsp3) is 0.417. The summed E-state index contributed by atoms with van der Waals surface area (Å²) in [5.74, 6) is -1.16. The third-order valence-corrected chi connectivity index (χ3v) is 6.60. The molecule has 34 heavy (non-hydrogen) atoms. The minimum absolute atomic E-state index is 0.00150. The van der Waals surface area contributed by atoms with Crippen molar-refractivity contribution in [3.63, 3.8) is 0 Å². The Morgan fingerprint density at radius 2 is 1.71 bits per heavy atom. The van der Waals surface area contributed by atoms with E-state index in [0.717, 1.165) is 10.6 Å². The van der Waals surface area contributed by atoms with E-state index in [1.165, 1.54) is 35.2 Å². The summed E-state index contributed by atoms with van der Waals surface area (Å²) in [6.07, 6.45) is 1.00. The Bertz CT molecular complexity index is 1120. The van der Waals surface area contributed by atoms with Gasteiger partial charge in [-0.05, 0) is 55.2 Å². The average molecular weight is 512 g/mol. The number of halogens is 2. The number of rotatable bonds is 10. The van der Waals surface area contributed by atoms with Crippen LogP contribution in [0.2, 0.25) is 5.02 Å².